The van der Waals surface area contributed by atoms with E-state index in [1.807, 2.05) is 18.2 Å². The number of nitrogens with two attached hydrogens (primary N) is 1. The van der Waals surface area contributed by atoms with E-state index >= 15 is 0 Å². The minimum Gasteiger partial charge on any atom is -0.495 e. The van der Waals surface area contributed by atoms with Crippen LogP contribution < -0.4 is 20.7 Å². The van der Waals surface area contributed by atoms with E-state index in [1.54, 1.807) is 13.2 Å². The smallest absolute Gasteiger partial charge is 0.254 e. The molecule has 1 atom stereocenters. The number of para-hydroxylation sites is 2. The number of nitrogens with zero attached hydrogens (tertiary/aromatic N) is 1. The largest absolute Gasteiger partial charge is 0.495 e. The molecule has 1 aromatic heterocycles. The molecule has 1 fully saturated rings. The Labute approximate surface area is 141 Å². The first-order valence-electron chi connectivity index (χ1n) is 8.15. The Kier molecular flexibility index (Phi) is 5.05. The van der Waals surface area contributed by atoms with Crippen molar-refractivity contribution in [3.05, 3.63) is 47.9 Å². The lowest BCUT2D eigenvalue weighted by atomic mass is 10.1. The van der Waals surface area contributed by atoms with Gasteiger partial charge in [0.15, 0.2) is 0 Å². The number of anilines is 1. The Bertz CT molecular complexity index is 698. The van der Waals surface area contributed by atoms with Gasteiger partial charge in [-0.05, 0) is 30.5 Å². The molecule has 0 aliphatic carbocycles. The van der Waals surface area contributed by atoms with Crippen LogP contribution in [-0.2, 0) is 6.54 Å². The Balaban J connectivity index is 1.54. The van der Waals surface area contributed by atoms with Crippen LogP contribution in [0, 0.1) is 5.92 Å². The van der Waals surface area contributed by atoms with Crippen molar-refractivity contribution in [2.45, 2.75) is 13.0 Å². The van der Waals surface area contributed by atoms with Gasteiger partial charge in [0, 0.05) is 19.6 Å². The second kappa shape index (κ2) is 7.40. The van der Waals surface area contributed by atoms with Crippen molar-refractivity contribution in [1.82, 2.24) is 5.32 Å². The minimum atomic E-state index is -0.116. The standard InChI is InChI=1S/C18H23N3O3/c1-23-17-5-3-2-4-16(17)21-7-6-13(11-21)10-20-18(22)14-8-15(9-19)24-12-14/h2-5,8,12-13H,6-7,9-11,19H2,1H3,(H,20,22). The predicted octanol–water partition coefficient (Wildman–Crippen LogP) is 2.00. The summed E-state index contributed by atoms with van der Waals surface area (Å²) in [5.41, 5.74) is 7.12. The predicted molar refractivity (Wildman–Crippen MR) is 92.2 cm³/mol. The molecule has 1 saturated heterocycles. The van der Waals surface area contributed by atoms with Gasteiger partial charge in [0.25, 0.3) is 5.91 Å². The van der Waals surface area contributed by atoms with E-state index in [9.17, 15) is 4.79 Å². The lowest BCUT2D eigenvalue weighted by Gasteiger charge is -2.21. The first-order valence-corrected chi connectivity index (χ1v) is 8.15. The highest BCUT2D eigenvalue weighted by Crippen LogP contribution is 2.31. The van der Waals surface area contributed by atoms with Crippen LogP contribution in [0.3, 0.4) is 0 Å². The first-order chi connectivity index (χ1) is 11.7. The Morgan fingerprint density at radius 2 is 2.29 bits per heavy atom. The monoisotopic (exact) mass is 329 g/mol. The van der Waals surface area contributed by atoms with Crippen molar-refractivity contribution in [3.8, 4) is 5.75 Å². The number of carbonyl (C=O) groups is 1. The van der Waals surface area contributed by atoms with E-state index in [1.165, 1.54) is 6.26 Å². The molecule has 1 unspecified atom stereocenters. The van der Waals surface area contributed by atoms with Crippen LogP contribution in [0.25, 0.3) is 0 Å². The number of benzene rings is 1. The van der Waals surface area contributed by atoms with Crippen LogP contribution in [0.15, 0.2) is 41.0 Å². The molecule has 1 aromatic carbocycles. The third-order valence-electron chi connectivity index (χ3n) is 4.38. The molecule has 0 bridgehead atoms. The number of methoxy groups -OCH3 is 1. The highest BCUT2D eigenvalue weighted by Gasteiger charge is 2.25. The SMILES string of the molecule is COc1ccccc1N1CCC(CNC(=O)c2coc(CN)c2)C1. The summed E-state index contributed by atoms with van der Waals surface area (Å²) in [6.45, 7) is 2.81. The van der Waals surface area contributed by atoms with Crippen molar-refractivity contribution in [1.29, 1.82) is 0 Å². The normalized spacial score (nSPS) is 17.1. The van der Waals surface area contributed by atoms with Gasteiger partial charge in [-0.2, -0.15) is 0 Å². The van der Waals surface area contributed by atoms with E-state index in [0.29, 0.717) is 30.3 Å². The molecule has 24 heavy (non-hydrogen) atoms. The molecule has 6 heteroatoms. The number of amides is 1. The van der Waals surface area contributed by atoms with Gasteiger partial charge in [0.1, 0.15) is 17.8 Å². The second-order valence-corrected chi connectivity index (χ2v) is 5.99. The molecule has 6 nitrogen and oxygen atoms in total. The van der Waals surface area contributed by atoms with Crippen LogP contribution >= 0.6 is 0 Å². The van der Waals surface area contributed by atoms with E-state index in [0.717, 1.165) is 30.9 Å². The Morgan fingerprint density at radius 3 is 3.04 bits per heavy atom. The molecule has 1 aliphatic heterocycles. The summed E-state index contributed by atoms with van der Waals surface area (Å²) in [5.74, 6) is 1.80. The molecule has 1 aliphatic rings. The summed E-state index contributed by atoms with van der Waals surface area (Å²) in [6.07, 6.45) is 2.49. The van der Waals surface area contributed by atoms with Crippen molar-refractivity contribution < 1.29 is 13.9 Å². The fourth-order valence-corrected chi connectivity index (χ4v) is 3.05. The number of hydrogen-bond donors (Lipinski definition) is 2. The van der Waals surface area contributed by atoms with Crippen LogP contribution in [0.4, 0.5) is 5.69 Å². The van der Waals surface area contributed by atoms with Crippen molar-refractivity contribution in [3.63, 3.8) is 0 Å². The highest BCUT2D eigenvalue weighted by molar-refractivity contribution is 5.93. The molecular formula is C18H23N3O3. The number of hydrogen-bond acceptors (Lipinski definition) is 5. The zero-order chi connectivity index (χ0) is 16.9. The highest BCUT2D eigenvalue weighted by atomic mass is 16.5. The quantitative estimate of drug-likeness (QED) is 0.847. The average molecular weight is 329 g/mol. The fraction of sp³-hybridized carbons (Fsp3) is 0.389. The zero-order valence-corrected chi connectivity index (χ0v) is 13.8. The number of ether oxygens (including phenoxy) is 1. The van der Waals surface area contributed by atoms with Gasteiger partial charge >= 0.3 is 0 Å². The van der Waals surface area contributed by atoms with Gasteiger partial charge in [0.2, 0.25) is 0 Å². The van der Waals surface area contributed by atoms with Crippen LogP contribution in [0.5, 0.6) is 5.75 Å². The maximum atomic E-state index is 12.1. The van der Waals surface area contributed by atoms with Gasteiger partial charge in [0.05, 0.1) is 24.9 Å². The van der Waals surface area contributed by atoms with Crippen molar-refractivity contribution in [2.75, 3.05) is 31.6 Å². The second-order valence-electron chi connectivity index (χ2n) is 5.99. The summed E-state index contributed by atoms with van der Waals surface area (Å²) in [4.78, 5) is 14.4. The Morgan fingerprint density at radius 1 is 1.46 bits per heavy atom. The van der Waals surface area contributed by atoms with Gasteiger partial charge < -0.3 is 25.1 Å². The minimum absolute atomic E-state index is 0.116. The zero-order valence-electron chi connectivity index (χ0n) is 13.8. The molecule has 2 aromatic rings. The third-order valence-corrected chi connectivity index (χ3v) is 4.38. The van der Waals surface area contributed by atoms with E-state index in [-0.39, 0.29) is 5.91 Å². The molecule has 3 rings (SSSR count). The first kappa shape index (κ1) is 16.4. The van der Waals surface area contributed by atoms with E-state index in [2.05, 4.69) is 16.3 Å². The number of rotatable bonds is 6. The van der Waals surface area contributed by atoms with Crippen LogP contribution in [-0.4, -0.2) is 32.7 Å². The van der Waals surface area contributed by atoms with E-state index < -0.39 is 0 Å². The number of nitrogens with one attached hydrogen (secondary N) is 1. The van der Waals surface area contributed by atoms with Crippen LogP contribution in [0.1, 0.15) is 22.5 Å². The molecule has 0 spiro atoms. The molecule has 3 N–H and O–H groups in total. The fourth-order valence-electron chi connectivity index (χ4n) is 3.05. The van der Waals surface area contributed by atoms with Crippen molar-refractivity contribution >= 4 is 11.6 Å². The topological polar surface area (TPSA) is 80.7 Å². The molecular weight excluding hydrogens is 306 g/mol. The maximum Gasteiger partial charge on any atom is 0.254 e. The number of furan rings is 1. The summed E-state index contributed by atoms with van der Waals surface area (Å²) >= 11 is 0. The van der Waals surface area contributed by atoms with Gasteiger partial charge in [-0.25, -0.2) is 0 Å². The summed E-state index contributed by atoms with van der Waals surface area (Å²) in [7, 11) is 1.69. The summed E-state index contributed by atoms with van der Waals surface area (Å²) < 4.78 is 10.6. The van der Waals surface area contributed by atoms with Gasteiger partial charge in [-0.3, -0.25) is 4.79 Å². The lowest BCUT2D eigenvalue weighted by Crippen LogP contribution is -2.30. The lowest BCUT2D eigenvalue weighted by molar-refractivity contribution is 0.0947. The third kappa shape index (κ3) is 3.54. The summed E-state index contributed by atoms with van der Waals surface area (Å²) in [6, 6.07) is 9.71. The van der Waals surface area contributed by atoms with Gasteiger partial charge in [-0.15, -0.1) is 0 Å². The molecule has 128 valence electrons. The number of carbonyl (C=O) groups excluding carboxylic acids is 1. The Hall–Kier alpha value is -2.47. The van der Waals surface area contributed by atoms with Gasteiger partial charge in [-0.1, -0.05) is 12.1 Å². The average Bonchev–Trinajstić information content (AvgIpc) is 3.29. The maximum absolute atomic E-state index is 12.1. The molecule has 0 radical (unpaired) electrons. The van der Waals surface area contributed by atoms with Crippen molar-refractivity contribution in [2.24, 2.45) is 11.7 Å². The molecule has 2 heterocycles. The summed E-state index contributed by atoms with van der Waals surface area (Å²) in [5, 5.41) is 2.98. The molecule has 0 saturated carbocycles. The van der Waals surface area contributed by atoms with Crippen LogP contribution in [0.2, 0.25) is 0 Å². The van der Waals surface area contributed by atoms with E-state index in [4.69, 9.17) is 14.9 Å². The molecule has 1 amide bonds.